The fourth-order valence-corrected chi connectivity index (χ4v) is 1.97. The van der Waals surface area contributed by atoms with E-state index in [2.05, 4.69) is 34.6 Å². The molecule has 0 aliphatic heterocycles. The molecule has 0 saturated carbocycles. The minimum atomic E-state index is -0.625. The van der Waals surface area contributed by atoms with E-state index in [0.717, 1.165) is 19.3 Å². The second-order valence-corrected chi connectivity index (χ2v) is 6.58. The second kappa shape index (κ2) is 6.18. The predicted molar refractivity (Wildman–Crippen MR) is 77.8 cm³/mol. The van der Waals surface area contributed by atoms with Gasteiger partial charge in [0.05, 0.1) is 6.61 Å². The maximum atomic E-state index is 11.7. The van der Waals surface area contributed by atoms with Crippen molar-refractivity contribution in [3.8, 4) is 0 Å². The molecule has 2 nitrogen and oxygen atoms in total. The zero-order chi connectivity index (χ0) is 14.6. The lowest BCUT2D eigenvalue weighted by Gasteiger charge is -2.45. The van der Waals surface area contributed by atoms with Gasteiger partial charge in [-0.25, -0.2) is 0 Å². The number of Topliss-reactive ketones (excluding diaryl/α,β-unsaturated/α-hetero) is 1. The summed E-state index contributed by atoms with van der Waals surface area (Å²) in [7, 11) is 0. The van der Waals surface area contributed by atoms with Crippen LogP contribution in [0.4, 0.5) is 0 Å². The summed E-state index contributed by atoms with van der Waals surface area (Å²) < 4.78 is 6.03. The molecule has 0 spiro atoms. The highest BCUT2D eigenvalue weighted by molar-refractivity contribution is 5.84. The summed E-state index contributed by atoms with van der Waals surface area (Å²) >= 11 is 0. The first-order chi connectivity index (χ1) is 8.08. The quantitative estimate of drug-likeness (QED) is 0.633. The molecule has 2 heteroatoms. The van der Waals surface area contributed by atoms with Gasteiger partial charge in [0, 0.05) is 0 Å². The zero-order valence-corrected chi connectivity index (χ0v) is 13.6. The van der Waals surface area contributed by atoms with Crippen LogP contribution < -0.4 is 0 Å². The summed E-state index contributed by atoms with van der Waals surface area (Å²) in [5.74, 6) is 0.123. The van der Waals surface area contributed by atoms with E-state index < -0.39 is 5.60 Å². The molecule has 0 radical (unpaired) electrons. The highest BCUT2D eigenvalue weighted by Crippen LogP contribution is 2.45. The molecule has 108 valence electrons. The van der Waals surface area contributed by atoms with E-state index in [9.17, 15) is 4.79 Å². The van der Waals surface area contributed by atoms with Crippen molar-refractivity contribution in [1.29, 1.82) is 0 Å². The van der Waals surface area contributed by atoms with Crippen molar-refractivity contribution in [1.82, 2.24) is 0 Å². The van der Waals surface area contributed by atoms with Crippen LogP contribution in [0.25, 0.3) is 0 Å². The molecule has 0 aliphatic carbocycles. The SMILES string of the molecule is CCC(C)(OCC(C)(CC)C(C)(C)CC)C(C)=O. The van der Waals surface area contributed by atoms with Gasteiger partial charge in [0.25, 0.3) is 0 Å². The Hall–Kier alpha value is -0.370. The second-order valence-electron chi connectivity index (χ2n) is 6.58. The molecule has 2 unspecified atom stereocenters. The molecule has 0 aromatic heterocycles. The third-order valence-corrected chi connectivity index (χ3v) is 5.43. The monoisotopic (exact) mass is 256 g/mol. The van der Waals surface area contributed by atoms with Crippen LogP contribution in [0.2, 0.25) is 0 Å². The van der Waals surface area contributed by atoms with Crippen LogP contribution in [0.15, 0.2) is 0 Å². The zero-order valence-electron chi connectivity index (χ0n) is 13.6. The molecule has 0 aromatic carbocycles. The molecule has 0 aliphatic rings. The first-order valence-corrected chi connectivity index (χ1v) is 7.23. The number of ether oxygens (including phenoxy) is 1. The van der Waals surface area contributed by atoms with Gasteiger partial charge >= 0.3 is 0 Å². The van der Waals surface area contributed by atoms with Crippen LogP contribution in [0.1, 0.15) is 74.7 Å². The minimum Gasteiger partial charge on any atom is -0.367 e. The molecule has 0 saturated heterocycles. The number of hydrogen-bond acceptors (Lipinski definition) is 2. The Labute approximate surface area is 113 Å². The molecular formula is C16H32O2. The van der Waals surface area contributed by atoms with Crippen LogP contribution >= 0.6 is 0 Å². The summed E-state index contributed by atoms with van der Waals surface area (Å²) in [6.07, 6.45) is 2.91. The third-order valence-electron chi connectivity index (χ3n) is 5.43. The predicted octanol–water partition coefficient (Wildman–Crippen LogP) is 4.61. The summed E-state index contributed by atoms with van der Waals surface area (Å²) in [5, 5.41) is 0. The normalized spacial score (nSPS) is 19.1. The molecule has 0 bridgehead atoms. The van der Waals surface area contributed by atoms with Crippen molar-refractivity contribution in [2.45, 2.75) is 80.3 Å². The van der Waals surface area contributed by atoms with Gasteiger partial charge in [-0.15, -0.1) is 0 Å². The van der Waals surface area contributed by atoms with E-state index >= 15 is 0 Å². The maximum absolute atomic E-state index is 11.7. The van der Waals surface area contributed by atoms with Crippen molar-refractivity contribution in [3.63, 3.8) is 0 Å². The minimum absolute atomic E-state index is 0.105. The van der Waals surface area contributed by atoms with Crippen LogP contribution in [-0.2, 0) is 9.53 Å². The standard InChI is InChI=1S/C16H32O2/c1-9-14(5,6)15(7,10-2)12-18-16(8,11-3)13(4)17/h9-12H2,1-8H3. The van der Waals surface area contributed by atoms with E-state index in [-0.39, 0.29) is 16.6 Å². The molecule has 2 atom stereocenters. The first kappa shape index (κ1) is 17.6. The Bertz CT molecular complexity index is 283. The molecular weight excluding hydrogens is 224 g/mol. The van der Waals surface area contributed by atoms with Gasteiger partial charge in [0.15, 0.2) is 5.78 Å². The van der Waals surface area contributed by atoms with Gasteiger partial charge in [-0.05, 0) is 37.5 Å². The van der Waals surface area contributed by atoms with E-state index in [4.69, 9.17) is 4.74 Å². The van der Waals surface area contributed by atoms with Crippen molar-refractivity contribution in [2.75, 3.05) is 6.61 Å². The third kappa shape index (κ3) is 3.57. The Morgan fingerprint density at radius 3 is 1.72 bits per heavy atom. The summed E-state index contributed by atoms with van der Waals surface area (Å²) in [6.45, 7) is 17.5. The highest BCUT2D eigenvalue weighted by atomic mass is 16.5. The number of carbonyl (C=O) groups excluding carboxylic acids is 1. The average Bonchev–Trinajstić information content (AvgIpc) is 2.34. The van der Waals surface area contributed by atoms with E-state index in [1.807, 2.05) is 13.8 Å². The van der Waals surface area contributed by atoms with Crippen molar-refractivity contribution in [3.05, 3.63) is 0 Å². The van der Waals surface area contributed by atoms with Crippen molar-refractivity contribution < 1.29 is 9.53 Å². The van der Waals surface area contributed by atoms with Gasteiger partial charge in [0.2, 0.25) is 0 Å². The maximum Gasteiger partial charge on any atom is 0.161 e. The van der Waals surface area contributed by atoms with Gasteiger partial charge in [-0.2, -0.15) is 0 Å². The molecule has 0 N–H and O–H groups in total. The summed E-state index contributed by atoms with van der Waals surface area (Å²) in [6, 6.07) is 0. The highest BCUT2D eigenvalue weighted by Gasteiger charge is 2.41. The summed E-state index contributed by atoms with van der Waals surface area (Å²) in [4.78, 5) is 11.7. The first-order valence-electron chi connectivity index (χ1n) is 7.23. The van der Waals surface area contributed by atoms with Crippen LogP contribution in [0, 0.1) is 10.8 Å². The Morgan fingerprint density at radius 2 is 1.44 bits per heavy atom. The van der Waals surface area contributed by atoms with Gasteiger partial charge in [0.1, 0.15) is 5.60 Å². The molecule has 0 heterocycles. The number of hydrogen-bond donors (Lipinski definition) is 0. The van der Waals surface area contributed by atoms with E-state index in [1.54, 1.807) is 6.92 Å². The lowest BCUT2D eigenvalue weighted by atomic mass is 9.64. The molecule has 18 heavy (non-hydrogen) atoms. The summed E-state index contributed by atoms with van der Waals surface area (Å²) in [5.41, 5.74) is -0.304. The lowest BCUT2D eigenvalue weighted by Crippen LogP contribution is -2.44. The van der Waals surface area contributed by atoms with Gasteiger partial charge < -0.3 is 4.74 Å². The number of rotatable bonds is 8. The van der Waals surface area contributed by atoms with Crippen LogP contribution in [0.3, 0.4) is 0 Å². The molecule has 0 amide bonds. The van der Waals surface area contributed by atoms with E-state index in [0.29, 0.717) is 6.61 Å². The van der Waals surface area contributed by atoms with Crippen molar-refractivity contribution in [2.24, 2.45) is 10.8 Å². The topological polar surface area (TPSA) is 26.3 Å². The Morgan fingerprint density at radius 1 is 0.944 bits per heavy atom. The fourth-order valence-electron chi connectivity index (χ4n) is 1.97. The number of carbonyl (C=O) groups is 1. The smallest absolute Gasteiger partial charge is 0.161 e. The molecule has 0 rings (SSSR count). The van der Waals surface area contributed by atoms with Crippen LogP contribution in [-0.4, -0.2) is 18.0 Å². The Balaban J connectivity index is 4.91. The lowest BCUT2D eigenvalue weighted by molar-refractivity contribution is -0.150. The van der Waals surface area contributed by atoms with E-state index in [1.165, 1.54) is 0 Å². The average molecular weight is 256 g/mol. The Kier molecular flexibility index (Phi) is 6.06. The van der Waals surface area contributed by atoms with Crippen molar-refractivity contribution >= 4 is 5.78 Å². The fraction of sp³-hybridized carbons (Fsp3) is 0.938. The van der Waals surface area contributed by atoms with Gasteiger partial charge in [-0.3, -0.25) is 4.79 Å². The molecule has 0 aromatic rings. The van der Waals surface area contributed by atoms with Gasteiger partial charge in [-0.1, -0.05) is 48.0 Å². The number of ketones is 1. The largest absolute Gasteiger partial charge is 0.367 e. The molecule has 0 fully saturated rings. The van der Waals surface area contributed by atoms with Crippen LogP contribution in [0.5, 0.6) is 0 Å².